The van der Waals surface area contributed by atoms with Crippen LogP contribution in [0.25, 0.3) is 0 Å². The predicted molar refractivity (Wildman–Crippen MR) is 72.6 cm³/mol. The molecule has 5 heteroatoms. The summed E-state index contributed by atoms with van der Waals surface area (Å²) in [5.74, 6) is 0.215. The third-order valence-corrected chi connectivity index (χ3v) is 4.48. The van der Waals surface area contributed by atoms with Gasteiger partial charge >= 0.3 is 0 Å². The van der Waals surface area contributed by atoms with Crippen LogP contribution in [-0.2, 0) is 11.3 Å². The first-order chi connectivity index (χ1) is 9.30. The van der Waals surface area contributed by atoms with Crippen LogP contribution >= 0.6 is 0 Å². The molecule has 1 aliphatic carbocycles. The number of piperazine rings is 1. The lowest BCUT2D eigenvalue weighted by molar-refractivity contribution is -0.141. The van der Waals surface area contributed by atoms with Crippen molar-refractivity contribution in [1.82, 2.24) is 20.0 Å². The van der Waals surface area contributed by atoms with Gasteiger partial charge in [0.25, 0.3) is 0 Å². The van der Waals surface area contributed by atoms with Gasteiger partial charge in [-0.05, 0) is 18.9 Å². The summed E-state index contributed by atoms with van der Waals surface area (Å²) >= 11 is 0. The van der Waals surface area contributed by atoms with Gasteiger partial charge < -0.3 is 10.2 Å². The van der Waals surface area contributed by atoms with Crippen molar-refractivity contribution in [3.8, 4) is 0 Å². The van der Waals surface area contributed by atoms with E-state index in [4.69, 9.17) is 0 Å². The Labute approximate surface area is 114 Å². The Bertz CT molecular complexity index is 414. The number of carbonyl (C=O) groups excluding carboxylic acids is 1. The summed E-state index contributed by atoms with van der Waals surface area (Å²) in [6.45, 7) is 3.07. The number of nitrogens with one attached hydrogen (secondary N) is 1. The van der Waals surface area contributed by atoms with E-state index in [-0.39, 0.29) is 11.4 Å². The fraction of sp³-hybridized carbons (Fsp3) is 0.714. The number of carbonyl (C=O) groups is 1. The van der Waals surface area contributed by atoms with Crippen molar-refractivity contribution in [3.05, 3.63) is 18.5 Å². The quantitative estimate of drug-likeness (QED) is 0.865. The van der Waals surface area contributed by atoms with E-state index < -0.39 is 0 Å². The minimum atomic E-state index is 0.0702. The lowest BCUT2D eigenvalue weighted by Gasteiger charge is -2.49. The number of rotatable bonds is 2. The molecule has 1 N–H and O–H groups in total. The highest BCUT2D eigenvalue weighted by molar-refractivity contribution is 5.77. The Morgan fingerprint density at radius 3 is 2.89 bits per heavy atom. The van der Waals surface area contributed by atoms with Crippen LogP contribution in [0.5, 0.6) is 0 Å². The Morgan fingerprint density at radius 1 is 1.32 bits per heavy atom. The van der Waals surface area contributed by atoms with Gasteiger partial charge in [-0.15, -0.1) is 0 Å². The van der Waals surface area contributed by atoms with E-state index >= 15 is 0 Å². The Balaban J connectivity index is 1.74. The first-order valence-electron chi connectivity index (χ1n) is 7.29. The predicted octanol–water partition coefficient (Wildman–Crippen LogP) is 1.02. The number of amides is 1. The van der Waals surface area contributed by atoms with Gasteiger partial charge in [-0.25, -0.2) is 0 Å². The molecule has 0 atom stereocenters. The van der Waals surface area contributed by atoms with Crippen LogP contribution in [0.3, 0.4) is 0 Å². The maximum absolute atomic E-state index is 12.6. The highest BCUT2D eigenvalue weighted by Crippen LogP contribution is 2.34. The average molecular weight is 262 g/mol. The second-order valence-electron chi connectivity index (χ2n) is 5.71. The zero-order valence-electron chi connectivity index (χ0n) is 11.3. The van der Waals surface area contributed by atoms with E-state index in [2.05, 4.69) is 15.3 Å². The maximum atomic E-state index is 12.6. The van der Waals surface area contributed by atoms with Gasteiger partial charge in [-0.3, -0.25) is 9.48 Å². The van der Waals surface area contributed by atoms with Gasteiger partial charge in [0.1, 0.15) is 6.54 Å². The highest BCUT2D eigenvalue weighted by atomic mass is 16.2. The van der Waals surface area contributed by atoms with Gasteiger partial charge in [-0.2, -0.15) is 5.10 Å². The number of nitrogens with zero attached hydrogens (tertiary/aromatic N) is 3. The molecule has 19 heavy (non-hydrogen) atoms. The summed E-state index contributed by atoms with van der Waals surface area (Å²) in [6.07, 6.45) is 9.66. The molecule has 1 aromatic rings. The molecule has 1 amide bonds. The molecule has 0 radical (unpaired) electrons. The van der Waals surface area contributed by atoms with E-state index in [1.165, 1.54) is 19.3 Å². The lowest BCUT2D eigenvalue weighted by Crippen LogP contribution is -2.64. The average Bonchev–Trinajstić information content (AvgIpc) is 2.93. The Morgan fingerprint density at radius 2 is 2.16 bits per heavy atom. The lowest BCUT2D eigenvalue weighted by atomic mass is 9.79. The first kappa shape index (κ1) is 12.7. The van der Waals surface area contributed by atoms with Crippen LogP contribution in [0.15, 0.2) is 18.5 Å². The van der Waals surface area contributed by atoms with E-state index in [0.717, 1.165) is 32.5 Å². The summed E-state index contributed by atoms with van der Waals surface area (Å²) in [5, 5.41) is 7.61. The van der Waals surface area contributed by atoms with Crippen molar-refractivity contribution < 1.29 is 4.79 Å². The van der Waals surface area contributed by atoms with Crippen LogP contribution in [0.4, 0.5) is 0 Å². The second kappa shape index (κ2) is 5.33. The fourth-order valence-corrected chi connectivity index (χ4v) is 3.51. The molecule has 2 heterocycles. The summed E-state index contributed by atoms with van der Waals surface area (Å²) in [5.41, 5.74) is 0.0702. The normalized spacial score (nSPS) is 22.6. The standard InChI is InChI=1S/C14H22N4O/c19-13(11-17-9-4-7-16-17)18-10-8-15-12-14(18)5-2-1-3-6-14/h4,7,9,15H,1-3,5-6,8,10-12H2. The number of hydrogen-bond acceptors (Lipinski definition) is 3. The van der Waals surface area contributed by atoms with Gasteiger partial charge in [0.15, 0.2) is 0 Å². The van der Waals surface area contributed by atoms with Crippen LogP contribution in [-0.4, -0.2) is 45.8 Å². The van der Waals surface area contributed by atoms with E-state index in [9.17, 15) is 4.79 Å². The molecule has 0 bridgehead atoms. The molecule has 1 aromatic heterocycles. The minimum Gasteiger partial charge on any atom is -0.333 e. The molecule has 3 rings (SSSR count). The van der Waals surface area contributed by atoms with E-state index in [1.54, 1.807) is 10.9 Å². The summed E-state index contributed by atoms with van der Waals surface area (Å²) < 4.78 is 1.72. The maximum Gasteiger partial charge on any atom is 0.244 e. The topological polar surface area (TPSA) is 50.2 Å². The third-order valence-electron chi connectivity index (χ3n) is 4.48. The Hall–Kier alpha value is -1.36. The minimum absolute atomic E-state index is 0.0702. The molecular weight excluding hydrogens is 240 g/mol. The highest BCUT2D eigenvalue weighted by Gasteiger charge is 2.41. The monoisotopic (exact) mass is 262 g/mol. The second-order valence-corrected chi connectivity index (χ2v) is 5.71. The van der Waals surface area contributed by atoms with Crippen LogP contribution in [0.2, 0.25) is 0 Å². The van der Waals surface area contributed by atoms with E-state index in [0.29, 0.717) is 6.54 Å². The molecule has 1 spiro atoms. The van der Waals surface area contributed by atoms with Crippen molar-refractivity contribution in [2.75, 3.05) is 19.6 Å². The molecule has 2 aliphatic rings. The summed E-state index contributed by atoms with van der Waals surface area (Å²) in [7, 11) is 0. The van der Waals surface area contributed by atoms with Crippen molar-refractivity contribution in [2.45, 2.75) is 44.2 Å². The number of hydrogen-bond donors (Lipinski definition) is 1. The van der Waals surface area contributed by atoms with Gasteiger partial charge in [0, 0.05) is 32.0 Å². The molecule has 1 aliphatic heterocycles. The summed E-state index contributed by atoms with van der Waals surface area (Å²) in [4.78, 5) is 14.7. The zero-order chi connectivity index (χ0) is 13.1. The number of aromatic nitrogens is 2. The molecule has 0 aromatic carbocycles. The Kier molecular flexibility index (Phi) is 3.55. The van der Waals surface area contributed by atoms with Crippen molar-refractivity contribution >= 4 is 5.91 Å². The van der Waals surface area contributed by atoms with Crippen LogP contribution in [0.1, 0.15) is 32.1 Å². The van der Waals surface area contributed by atoms with Crippen molar-refractivity contribution in [2.24, 2.45) is 0 Å². The van der Waals surface area contributed by atoms with E-state index in [1.807, 2.05) is 12.3 Å². The largest absolute Gasteiger partial charge is 0.333 e. The smallest absolute Gasteiger partial charge is 0.244 e. The third kappa shape index (κ3) is 2.52. The molecule has 104 valence electrons. The molecule has 2 fully saturated rings. The summed E-state index contributed by atoms with van der Waals surface area (Å²) in [6, 6.07) is 1.86. The van der Waals surface area contributed by atoms with Gasteiger partial charge in [0.2, 0.25) is 5.91 Å². The molecule has 1 saturated carbocycles. The first-order valence-corrected chi connectivity index (χ1v) is 7.29. The molecular formula is C14H22N4O. The molecule has 5 nitrogen and oxygen atoms in total. The SMILES string of the molecule is O=C(Cn1cccn1)N1CCNCC12CCCCC2. The zero-order valence-corrected chi connectivity index (χ0v) is 11.3. The molecule has 1 saturated heterocycles. The van der Waals surface area contributed by atoms with Crippen LogP contribution in [0, 0.1) is 0 Å². The van der Waals surface area contributed by atoms with Gasteiger partial charge in [-0.1, -0.05) is 19.3 Å². The van der Waals surface area contributed by atoms with Gasteiger partial charge in [0.05, 0.1) is 5.54 Å². The van der Waals surface area contributed by atoms with Crippen molar-refractivity contribution in [1.29, 1.82) is 0 Å². The van der Waals surface area contributed by atoms with Crippen molar-refractivity contribution in [3.63, 3.8) is 0 Å². The molecule has 0 unspecified atom stereocenters. The van der Waals surface area contributed by atoms with Crippen LogP contribution < -0.4 is 5.32 Å². The fourth-order valence-electron chi connectivity index (χ4n) is 3.51.